The Morgan fingerprint density at radius 3 is 2.13 bits per heavy atom. The lowest BCUT2D eigenvalue weighted by Gasteiger charge is -2.23. The Bertz CT molecular complexity index is 2170. The summed E-state index contributed by atoms with van der Waals surface area (Å²) in [5.74, 6) is 0.396. The number of aromatic nitrogens is 1. The summed E-state index contributed by atoms with van der Waals surface area (Å²) in [4.78, 5) is 27.8. The van der Waals surface area contributed by atoms with Gasteiger partial charge in [0.25, 0.3) is 5.91 Å². The first-order chi connectivity index (χ1) is 25.8. The molecule has 0 spiro atoms. The van der Waals surface area contributed by atoms with Gasteiger partial charge in [-0.05, 0) is 85.5 Å². The number of hydrogen-bond donors (Lipinski definition) is 4. The first-order valence-corrected chi connectivity index (χ1v) is 18.9. The number of pyridine rings is 1. The highest BCUT2D eigenvalue weighted by atomic mass is 35.5. The third-order valence-electron chi connectivity index (χ3n) is 9.53. The van der Waals surface area contributed by atoms with Crippen molar-refractivity contribution in [2.45, 2.75) is 39.2 Å². The van der Waals surface area contributed by atoms with E-state index in [-0.39, 0.29) is 11.8 Å². The summed E-state index contributed by atoms with van der Waals surface area (Å²) in [5.41, 5.74) is 21.1. The van der Waals surface area contributed by atoms with Crippen LogP contribution in [0.4, 0.5) is 17.1 Å². The number of nitrogens with zero attached hydrogens (tertiary/aromatic N) is 2. The zero-order valence-electron chi connectivity index (χ0n) is 30.3. The average Bonchev–Trinajstić information content (AvgIpc) is 3.17. The van der Waals surface area contributed by atoms with Crippen LogP contribution in [0.2, 0.25) is 0 Å². The highest BCUT2D eigenvalue weighted by Crippen LogP contribution is 2.33. The number of hydrogen-bond acceptors (Lipinski definition) is 5. The minimum atomic E-state index is -0.185. The molecule has 0 saturated carbocycles. The Morgan fingerprint density at radius 1 is 0.736 bits per heavy atom. The van der Waals surface area contributed by atoms with Gasteiger partial charge in [0.15, 0.2) is 6.54 Å². The zero-order valence-corrected chi connectivity index (χ0v) is 31.0. The van der Waals surface area contributed by atoms with Crippen molar-refractivity contribution in [3.8, 4) is 11.3 Å². The van der Waals surface area contributed by atoms with Gasteiger partial charge in [0.2, 0.25) is 17.1 Å². The van der Waals surface area contributed by atoms with Crippen molar-refractivity contribution in [3.05, 3.63) is 132 Å². The molecule has 6 aromatic rings. The van der Waals surface area contributed by atoms with Crippen molar-refractivity contribution in [2.24, 2.45) is 0 Å². The minimum absolute atomic E-state index is 0.0190. The lowest BCUT2D eigenvalue weighted by atomic mass is 9.97. The summed E-state index contributed by atoms with van der Waals surface area (Å²) in [6, 6.07) is 38.5. The molecule has 0 radical (unpaired) electrons. The van der Waals surface area contributed by atoms with Gasteiger partial charge >= 0.3 is 0 Å². The number of nitrogens with one attached hydrogen (secondary N) is 2. The van der Waals surface area contributed by atoms with Crippen LogP contribution in [0, 0.1) is 0 Å². The maximum absolute atomic E-state index is 13.0. The van der Waals surface area contributed by atoms with Gasteiger partial charge in [-0.25, -0.2) is 0 Å². The van der Waals surface area contributed by atoms with Crippen molar-refractivity contribution in [1.82, 2.24) is 10.6 Å². The summed E-state index contributed by atoms with van der Waals surface area (Å²) < 4.78 is 2.28. The fraction of sp³-hybridized carbons (Fsp3) is 0.250. The molecular weight excluding hydrogens is 680 g/mol. The number of aryl methyl sites for hydroxylation is 1. The smallest absolute Gasteiger partial charge is 0.251 e. The first kappa shape index (κ1) is 37.2. The molecule has 0 unspecified atom stereocenters. The number of amides is 2. The van der Waals surface area contributed by atoms with Crippen molar-refractivity contribution in [2.75, 3.05) is 48.4 Å². The lowest BCUT2D eigenvalue weighted by Crippen LogP contribution is -2.38. The highest BCUT2D eigenvalue weighted by Gasteiger charge is 2.24. The number of fused-ring (bicyclic) bond motifs is 3. The minimum Gasteiger partial charge on any atom is -0.399 e. The molecule has 0 aliphatic heterocycles. The first-order valence-electron chi connectivity index (χ1n) is 18.4. The van der Waals surface area contributed by atoms with Crippen molar-refractivity contribution >= 4 is 62.2 Å². The molecule has 0 aliphatic rings. The van der Waals surface area contributed by atoms with E-state index in [1.807, 2.05) is 66.7 Å². The second-order valence-corrected chi connectivity index (χ2v) is 13.8. The lowest BCUT2D eigenvalue weighted by molar-refractivity contribution is -0.650. The molecule has 0 saturated heterocycles. The number of halogens is 1. The molecule has 0 fully saturated rings. The summed E-state index contributed by atoms with van der Waals surface area (Å²) in [6.07, 6.45) is 3.09. The van der Waals surface area contributed by atoms with Gasteiger partial charge in [-0.15, -0.1) is 11.6 Å². The monoisotopic (exact) mass is 727 g/mol. The SMILES string of the molecule is CCCN(CCCl)c1ccc(CCCC(=O)NCCNC(=O)c2ccc(C[n+]3c(-c4ccccc4)c4cc(N)ccc4c4ccc(N)cc43)cc2)cc1. The van der Waals surface area contributed by atoms with Crippen LogP contribution in [0.3, 0.4) is 0 Å². The molecule has 0 atom stereocenters. The molecule has 9 heteroatoms. The number of carbonyl (C=O) groups is 2. The molecule has 6 rings (SSSR count). The number of carbonyl (C=O) groups excluding carboxylic acids is 2. The summed E-state index contributed by atoms with van der Waals surface area (Å²) in [7, 11) is 0. The number of nitrogen functional groups attached to an aromatic ring is 2. The Labute approximate surface area is 316 Å². The normalized spacial score (nSPS) is 11.1. The second kappa shape index (κ2) is 17.8. The second-order valence-electron chi connectivity index (χ2n) is 13.4. The van der Waals surface area contributed by atoms with Gasteiger partial charge in [0.1, 0.15) is 0 Å². The molecule has 5 aromatic carbocycles. The fourth-order valence-corrected chi connectivity index (χ4v) is 7.11. The van der Waals surface area contributed by atoms with Gasteiger partial charge in [-0.2, -0.15) is 4.57 Å². The van der Waals surface area contributed by atoms with Crippen molar-refractivity contribution < 1.29 is 14.2 Å². The number of benzene rings is 5. The van der Waals surface area contributed by atoms with Crippen LogP contribution < -0.4 is 31.6 Å². The van der Waals surface area contributed by atoms with Crippen LogP contribution in [-0.4, -0.2) is 43.9 Å². The van der Waals surface area contributed by atoms with E-state index in [0.717, 1.165) is 70.8 Å². The molecule has 53 heavy (non-hydrogen) atoms. The van der Waals surface area contributed by atoms with Crippen LogP contribution in [0.25, 0.3) is 32.9 Å². The molecule has 1 aromatic heterocycles. The van der Waals surface area contributed by atoms with Crippen LogP contribution >= 0.6 is 11.6 Å². The number of rotatable bonds is 16. The molecule has 8 nitrogen and oxygen atoms in total. The van der Waals surface area contributed by atoms with Gasteiger partial charge < -0.3 is 27.0 Å². The largest absolute Gasteiger partial charge is 0.399 e. The highest BCUT2D eigenvalue weighted by molar-refractivity contribution is 6.18. The fourth-order valence-electron chi connectivity index (χ4n) is 6.91. The quantitative estimate of drug-likeness (QED) is 0.0271. The Kier molecular flexibility index (Phi) is 12.4. The number of alkyl halides is 1. The summed E-state index contributed by atoms with van der Waals surface area (Å²) >= 11 is 5.97. The Balaban J connectivity index is 1.04. The molecule has 0 aliphatic carbocycles. The van der Waals surface area contributed by atoms with Crippen LogP contribution in [0.5, 0.6) is 0 Å². The standard InChI is InChI=1S/C44H47ClN6O2/c1-2-26-50(27-23-45)37-19-13-31(14-20-37)7-6-10-42(52)48-24-25-49-44(53)34-15-11-32(12-16-34)30-51-41-29-36(47)18-22-39(41)38-21-17-35(46)28-40(38)43(51)33-8-4-3-5-9-33/h3-5,8-9,11-22,28-29,47H,2,6-7,10,23-27,30,46H2,1H3,(H2,48,49,52,53)/p+1. The molecule has 0 bridgehead atoms. The van der Waals surface area contributed by atoms with E-state index in [0.29, 0.717) is 48.9 Å². The van der Waals surface area contributed by atoms with Gasteiger partial charge in [-0.3, -0.25) is 9.59 Å². The van der Waals surface area contributed by atoms with E-state index in [1.165, 1.54) is 11.3 Å². The molecule has 272 valence electrons. The predicted molar refractivity (Wildman–Crippen MR) is 219 cm³/mol. The Morgan fingerprint density at radius 2 is 1.42 bits per heavy atom. The summed E-state index contributed by atoms with van der Waals surface area (Å²) in [5, 5.41) is 9.09. The van der Waals surface area contributed by atoms with E-state index in [1.54, 1.807) is 0 Å². The topological polar surface area (TPSA) is 117 Å². The molecule has 1 heterocycles. The Hall–Kier alpha value is -5.60. The summed E-state index contributed by atoms with van der Waals surface area (Å²) in [6.45, 7) is 5.24. The van der Waals surface area contributed by atoms with E-state index < -0.39 is 0 Å². The average molecular weight is 728 g/mol. The predicted octanol–water partition coefficient (Wildman–Crippen LogP) is 7.48. The van der Waals surface area contributed by atoms with E-state index in [2.05, 4.69) is 75.6 Å². The third kappa shape index (κ3) is 9.26. The van der Waals surface area contributed by atoms with Crippen LogP contribution in [-0.2, 0) is 17.8 Å². The van der Waals surface area contributed by atoms with Crippen molar-refractivity contribution in [1.29, 1.82) is 0 Å². The van der Waals surface area contributed by atoms with Crippen LogP contribution in [0.1, 0.15) is 47.7 Å². The van der Waals surface area contributed by atoms with E-state index in [4.69, 9.17) is 23.1 Å². The molecular formula is C44H48ClN6O2+. The number of anilines is 3. The maximum atomic E-state index is 13.0. The molecule has 6 N–H and O–H groups in total. The van der Waals surface area contributed by atoms with Crippen molar-refractivity contribution in [3.63, 3.8) is 0 Å². The maximum Gasteiger partial charge on any atom is 0.251 e. The zero-order chi connectivity index (χ0) is 37.2. The van der Waals surface area contributed by atoms with Gasteiger partial charge in [-0.1, -0.05) is 55.5 Å². The van der Waals surface area contributed by atoms with Gasteiger partial charge in [0.05, 0.1) is 10.8 Å². The van der Waals surface area contributed by atoms with Gasteiger partial charge in [0, 0.05) is 83.7 Å². The number of nitrogens with two attached hydrogens (primary N) is 2. The third-order valence-corrected chi connectivity index (χ3v) is 9.70. The molecule has 2 amide bonds. The van der Waals surface area contributed by atoms with E-state index >= 15 is 0 Å². The van der Waals surface area contributed by atoms with E-state index in [9.17, 15) is 9.59 Å². The van der Waals surface area contributed by atoms with Crippen LogP contribution in [0.15, 0.2) is 115 Å².